The van der Waals surface area contributed by atoms with E-state index >= 15 is 0 Å². The minimum absolute atomic E-state index is 0.139. The number of rotatable bonds is 4. The lowest BCUT2D eigenvalue weighted by Gasteiger charge is -2.34. The Kier molecular flexibility index (Phi) is 5.00. The van der Waals surface area contributed by atoms with Crippen LogP contribution in [0.25, 0.3) is 0 Å². The Bertz CT molecular complexity index is 553. The average Bonchev–Trinajstić information content (AvgIpc) is 3.34. The second-order valence-corrected chi connectivity index (χ2v) is 7.61. The first-order valence-corrected chi connectivity index (χ1v) is 8.99. The SMILES string of the molecule is Cc1cncc(C(=O)N2CCCN(CC3CC3)[C@H](C(C)C)C2)c1. The van der Waals surface area contributed by atoms with Crippen LogP contribution in [-0.2, 0) is 0 Å². The first-order chi connectivity index (χ1) is 11.0. The number of hydrogen-bond acceptors (Lipinski definition) is 3. The van der Waals surface area contributed by atoms with Gasteiger partial charge in [-0.3, -0.25) is 14.7 Å². The zero-order chi connectivity index (χ0) is 16.4. The molecule has 1 aromatic rings. The molecule has 1 aliphatic heterocycles. The van der Waals surface area contributed by atoms with Crippen LogP contribution < -0.4 is 0 Å². The largest absolute Gasteiger partial charge is 0.337 e. The summed E-state index contributed by atoms with van der Waals surface area (Å²) < 4.78 is 0. The molecule has 2 fully saturated rings. The van der Waals surface area contributed by atoms with Crippen LogP contribution >= 0.6 is 0 Å². The molecule has 1 amide bonds. The highest BCUT2D eigenvalue weighted by Gasteiger charge is 2.33. The first kappa shape index (κ1) is 16.4. The number of carbonyl (C=O) groups excluding carboxylic acids is 1. The molecular formula is C19H29N3O. The Morgan fingerprint density at radius 1 is 1.30 bits per heavy atom. The van der Waals surface area contributed by atoms with E-state index in [0.29, 0.717) is 12.0 Å². The highest BCUT2D eigenvalue weighted by molar-refractivity contribution is 5.94. The number of aromatic nitrogens is 1. The molecule has 1 atom stereocenters. The second-order valence-electron chi connectivity index (χ2n) is 7.61. The van der Waals surface area contributed by atoms with Crippen molar-refractivity contribution in [3.63, 3.8) is 0 Å². The highest BCUT2D eigenvalue weighted by atomic mass is 16.2. The normalized spacial score (nSPS) is 23.1. The second kappa shape index (κ2) is 7.00. The standard InChI is InChI=1S/C19H29N3O/c1-14(2)18-13-22(8-4-7-21(18)12-16-5-6-16)19(23)17-9-15(3)10-20-11-17/h9-11,14,16,18H,4-8,12-13H2,1-3H3/t18-/m0/s1. The number of carbonyl (C=O) groups is 1. The molecule has 0 aromatic carbocycles. The maximum absolute atomic E-state index is 12.9. The molecule has 2 aliphatic rings. The van der Waals surface area contributed by atoms with Crippen LogP contribution in [0, 0.1) is 18.8 Å². The van der Waals surface area contributed by atoms with Gasteiger partial charge in [-0.2, -0.15) is 0 Å². The topological polar surface area (TPSA) is 36.4 Å². The van der Waals surface area contributed by atoms with Crippen molar-refractivity contribution in [3.8, 4) is 0 Å². The zero-order valence-electron chi connectivity index (χ0n) is 14.7. The minimum Gasteiger partial charge on any atom is -0.337 e. The van der Waals surface area contributed by atoms with E-state index < -0.39 is 0 Å². The fourth-order valence-corrected chi connectivity index (χ4v) is 3.59. The Labute approximate surface area is 139 Å². The lowest BCUT2D eigenvalue weighted by Crippen LogP contribution is -2.46. The van der Waals surface area contributed by atoms with Gasteiger partial charge in [0.15, 0.2) is 0 Å². The summed E-state index contributed by atoms with van der Waals surface area (Å²) in [4.78, 5) is 21.8. The Balaban J connectivity index is 1.73. The fraction of sp³-hybridized carbons (Fsp3) is 0.684. The maximum Gasteiger partial charge on any atom is 0.255 e. The monoisotopic (exact) mass is 315 g/mol. The summed E-state index contributed by atoms with van der Waals surface area (Å²) in [6.07, 6.45) is 7.35. The summed E-state index contributed by atoms with van der Waals surface area (Å²) >= 11 is 0. The predicted octanol–water partition coefficient (Wildman–Crippen LogP) is 2.97. The quantitative estimate of drug-likeness (QED) is 0.857. The summed E-state index contributed by atoms with van der Waals surface area (Å²) in [5.41, 5.74) is 1.77. The number of amides is 1. The summed E-state index contributed by atoms with van der Waals surface area (Å²) in [5.74, 6) is 1.61. The van der Waals surface area contributed by atoms with E-state index in [2.05, 4.69) is 23.7 Å². The van der Waals surface area contributed by atoms with Gasteiger partial charge in [0.2, 0.25) is 0 Å². The van der Waals surface area contributed by atoms with Crippen LogP contribution in [0.2, 0.25) is 0 Å². The van der Waals surface area contributed by atoms with Gasteiger partial charge in [-0.05, 0) is 49.7 Å². The fourth-order valence-electron chi connectivity index (χ4n) is 3.59. The average molecular weight is 315 g/mol. The number of hydrogen-bond donors (Lipinski definition) is 0. The van der Waals surface area contributed by atoms with Gasteiger partial charge in [-0.15, -0.1) is 0 Å². The molecular weight excluding hydrogens is 286 g/mol. The molecule has 0 N–H and O–H groups in total. The van der Waals surface area contributed by atoms with Gasteiger partial charge in [-0.25, -0.2) is 0 Å². The maximum atomic E-state index is 12.9. The van der Waals surface area contributed by atoms with Gasteiger partial charge in [0.1, 0.15) is 0 Å². The third kappa shape index (κ3) is 4.11. The van der Waals surface area contributed by atoms with Crippen LogP contribution in [0.5, 0.6) is 0 Å². The van der Waals surface area contributed by atoms with Gasteiger partial charge in [0.05, 0.1) is 5.56 Å². The van der Waals surface area contributed by atoms with Crippen LogP contribution in [0.1, 0.15) is 49.0 Å². The van der Waals surface area contributed by atoms with Crippen molar-refractivity contribution in [2.45, 2.75) is 46.1 Å². The van der Waals surface area contributed by atoms with Gasteiger partial charge in [-0.1, -0.05) is 13.8 Å². The molecule has 0 bridgehead atoms. The van der Waals surface area contributed by atoms with E-state index in [0.717, 1.165) is 43.1 Å². The third-order valence-electron chi connectivity index (χ3n) is 5.12. The number of pyridine rings is 1. The van der Waals surface area contributed by atoms with Crippen molar-refractivity contribution < 1.29 is 4.79 Å². The smallest absolute Gasteiger partial charge is 0.255 e. The van der Waals surface area contributed by atoms with Crippen molar-refractivity contribution in [2.75, 3.05) is 26.2 Å². The summed E-state index contributed by atoms with van der Waals surface area (Å²) in [6.45, 7) is 10.6. The molecule has 1 saturated heterocycles. The lowest BCUT2D eigenvalue weighted by molar-refractivity contribution is 0.0704. The molecule has 1 saturated carbocycles. The van der Waals surface area contributed by atoms with E-state index in [1.807, 2.05) is 17.9 Å². The predicted molar refractivity (Wildman–Crippen MR) is 92.4 cm³/mol. The lowest BCUT2D eigenvalue weighted by atomic mass is 10.0. The Hall–Kier alpha value is -1.42. The van der Waals surface area contributed by atoms with Gasteiger partial charge in [0.25, 0.3) is 5.91 Å². The summed E-state index contributed by atoms with van der Waals surface area (Å²) in [5, 5.41) is 0. The van der Waals surface area contributed by atoms with Crippen molar-refractivity contribution in [1.82, 2.24) is 14.8 Å². The van der Waals surface area contributed by atoms with E-state index in [1.54, 1.807) is 12.4 Å². The van der Waals surface area contributed by atoms with E-state index in [1.165, 1.54) is 19.4 Å². The number of nitrogens with zero attached hydrogens (tertiary/aromatic N) is 3. The molecule has 0 unspecified atom stereocenters. The van der Waals surface area contributed by atoms with Crippen LogP contribution in [0.4, 0.5) is 0 Å². The van der Waals surface area contributed by atoms with Crippen LogP contribution in [-0.4, -0.2) is 52.9 Å². The minimum atomic E-state index is 0.139. The van der Waals surface area contributed by atoms with Crippen molar-refractivity contribution in [1.29, 1.82) is 0 Å². The Morgan fingerprint density at radius 3 is 2.74 bits per heavy atom. The molecule has 0 spiro atoms. The van der Waals surface area contributed by atoms with Crippen molar-refractivity contribution in [3.05, 3.63) is 29.6 Å². The van der Waals surface area contributed by atoms with Crippen molar-refractivity contribution >= 4 is 5.91 Å². The summed E-state index contributed by atoms with van der Waals surface area (Å²) in [6, 6.07) is 2.42. The first-order valence-electron chi connectivity index (χ1n) is 8.99. The third-order valence-corrected chi connectivity index (χ3v) is 5.12. The molecule has 23 heavy (non-hydrogen) atoms. The molecule has 0 radical (unpaired) electrons. The number of aryl methyl sites for hydroxylation is 1. The van der Waals surface area contributed by atoms with Gasteiger partial charge >= 0.3 is 0 Å². The molecule has 1 aromatic heterocycles. The highest BCUT2D eigenvalue weighted by Crippen LogP contribution is 2.32. The van der Waals surface area contributed by atoms with Crippen LogP contribution in [0.3, 0.4) is 0 Å². The Morgan fingerprint density at radius 2 is 2.09 bits per heavy atom. The molecule has 1 aliphatic carbocycles. The van der Waals surface area contributed by atoms with Crippen molar-refractivity contribution in [2.24, 2.45) is 11.8 Å². The van der Waals surface area contributed by atoms with Crippen LogP contribution in [0.15, 0.2) is 18.5 Å². The van der Waals surface area contributed by atoms with Gasteiger partial charge in [0, 0.05) is 44.6 Å². The van der Waals surface area contributed by atoms with E-state index in [-0.39, 0.29) is 5.91 Å². The molecule has 4 nitrogen and oxygen atoms in total. The van der Waals surface area contributed by atoms with E-state index in [4.69, 9.17) is 0 Å². The van der Waals surface area contributed by atoms with E-state index in [9.17, 15) is 4.79 Å². The summed E-state index contributed by atoms with van der Waals surface area (Å²) in [7, 11) is 0. The zero-order valence-corrected chi connectivity index (χ0v) is 14.7. The molecule has 4 heteroatoms. The molecule has 2 heterocycles. The molecule has 3 rings (SSSR count). The molecule has 126 valence electrons. The van der Waals surface area contributed by atoms with Gasteiger partial charge < -0.3 is 4.90 Å².